The summed E-state index contributed by atoms with van der Waals surface area (Å²) in [4.78, 5) is 0. The third-order valence-electron chi connectivity index (χ3n) is 3.92. The summed E-state index contributed by atoms with van der Waals surface area (Å²) in [6.45, 7) is 7.14. The van der Waals surface area contributed by atoms with Gasteiger partial charge in [-0.1, -0.05) is 37.5 Å². The highest BCUT2D eigenvalue weighted by Gasteiger charge is 2.19. The first kappa shape index (κ1) is 15.7. The Morgan fingerprint density at radius 1 is 1.24 bits per heavy atom. The lowest BCUT2D eigenvalue weighted by Crippen LogP contribution is -2.12. The van der Waals surface area contributed by atoms with Crippen LogP contribution in [0.3, 0.4) is 0 Å². The minimum absolute atomic E-state index is 0.0449. The van der Waals surface area contributed by atoms with Crippen molar-refractivity contribution in [2.45, 2.75) is 52.7 Å². The number of para-hydroxylation sites is 1. The van der Waals surface area contributed by atoms with Crippen molar-refractivity contribution in [3.05, 3.63) is 36.0 Å². The van der Waals surface area contributed by atoms with Crippen molar-refractivity contribution in [1.82, 2.24) is 4.57 Å². The molecular formula is C19H25NO. The summed E-state index contributed by atoms with van der Waals surface area (Å²) in [6.07, 6.45) is 2.68. The molecule has 0 bridgehead atoms. The van der Waals surface area contributed by atoms with Crippen LogP contribution in [0, 0.1) is 17.8 Å². The predicted octanol–water partition coefficient (Wildman–Crippen LogP) is 4.52. The van der Waals surface area contributed by atoms with Crippen LogP contribution < -0.4 is 0 Å². The van der Waals surface area contributed by atoms with Gasteiger partial charge in [-0.3, -0.25) is 0 Å². The van der Waals surface area contributed by atoms with E-state index in [0.29, 0.717) is 0 Å². The van der Waals surface area contributed by atoms with Crippen molar-refractivity contribution in [3.8, 4) is 11.8 Å². The van der Waals surface area contributed by atoms with Gasteiger partial charge < -0.3 is 9.67 Å². The molecule has 0 spiro atoms. The first-order valence-corrected chi connectivity index (χ1v) is 7.93. The number of fused-ring (bicyclic) bond motifs is 1. The van der Waals surface area contributed by atoms with Crippen molar-refractivity contribution in [1.29, 1.82) is 0 Å². The van der Waals surface area contributed by atoms with Gasteiger partial charge in [0, 0.05) is 30.1 Å². The molecule has 2 nitrogen and oxygen atoms in total. The van der Waals surface area contributed by atoms with Gasteiger partial charge in [-0.2, -0.15) is 0 Å². The van der Waals surface area contributed by atoms with Crippen molar-refractivity contribution in [2.24, 2.45) is 5.92 Å². The zero-order chi connectivity index (χ0) is 15.2. The number of unbranched alkanes of at least 4 members (excludes halogenated alkanes) is 2. The van der Waals surface area contributed by atoms with Crippen LogP contribution in [0.25, 0.3) is 10.9 Å². The standard InChI is InChI=1S/C19H25NO/c1-4-6-7-8-11-15(3)19(21)18-14-16-12-9-10-13-17(16)20(18)5-2/h9-10,12-15,19,21H,4-7H2,1-3H3. The van der Waals surface area contributed by atoms with Crippen LogP contribution in [0.15, 0.2) is 30.3 Å². The lowest BCUT2D eigenvalue weighted by Gasteiger charge is -2.16. The number of hydrogen-bond donors (Lipinski definition) is 1. The minimum Gasteiger partial charge on any atom is -0.386 e. The molecule has 2 unspecified atom stereocenters. The number of rotatable bonds is 5. The molecule has 0 aliphatic heterocycles. The predicted molar refractivity (Wildman–Crippen MR) is 89.0 cm³/mol. The highest BCUT2D eigenvalue weighted by atomic mass is 16.3. The molecule has 2 rings (SSSR count). The van der Waals surface area contributed by atoms with E-state index in [1.54, 1.807) is 0 Å². The van der Waals surface area contributed by atoms with Gasteiger partial charge in [0.1, 0.15) is 6.10 Å². The van der Waals surface area contributed by atoms with E-state index < -0.39 is 6.10 Å². The topological polar surface area (TPSA) is 25.2 Å². The zero-order valence-electron chi connectivity index (χ0n) is 13.3. The van der Waals surface area contributed by atoms with E-state index in [-0.39, 0.29) is 5.92 Å². The Balaban J connectivity index is 2.25. The Morgan fingerprint density at radius 3 is 2.71 bits per heavy atom. The van der Waals surface area contributed by atoms with E-state index >= 15 is 0 Å². The smallest absolute Gasteiger partial charge is 0.107 e. The molecule has 0 amide bonds. The van der Waals surface area contributed by atoms with Crippen LogP contribution in [0.4, 0.5) is 0 Å². The molecule has 1 N–H and O–H groups in total. The Morgan fingerprint density at radius 2 is 2.00 bits per heavy atom. The van der Waals surface area contributed by atoms with E-state index in [1.807, 2.05) is 19.1 Å². The lowest BCUT2D eigenvalue weighted by atomic mass is 10.0. The number of aromatic nitrogens is 1. The number of aliphatic hydroxyl groups is 1. The van der Waals surface area contributed by atoms with E-state index in [1.165, 1.54) is 10.9 Å². The summed E-state index contributed by atoms with van der Waals surface area (Å²) in [5, 5.41) is 11.8. The van der Waals surface area contributed by atoms with E-state index in [9.17, 15) is 5.11 Å². The first-order valence-electron chi connectivity index (χ1n) is 7.93. The van der Waals surface area contributed by atoms with Crippen molar-refractivity contribution >= 4 is 10.9 Å². The average Bonchev–Trinajstić information content (AvgIpc) is 2.89. The summed E-state index contributed by atoms with van der Waals surface area (Å²) in [7, 11) is 0. The van der Waals surface area contributed by atoms with Gasteiger partial charge in [0.15, 0.2) is 0 Å². The highest BCUT2D eigenvalue weighted by Crippen LogP contribution is 2.28. The summed E-state index contributed by atoms with van der Waals surface area (Å²) in [5.74, 6) is 6.34. The largest absolute Gasteiger partial charge is 0.386 e. The van der Waals surface area contributed by atoms with Gasteiger partial charge in [-0.15, -0.1) is 5.92 Å². The molecule has 1 aromatic carbocycles. The molecule has 0 aliphatic carbocycles. The third-order valence-corrected chi connectivity index (χ3v) is 3.92. The van der Waals surface area contributed by atoms with Gasteiger partial charge in [-0.05, 0) is 37.8 Å². The highest BCUT2D eigenvalue weighted by molar-refractivity contribution is 5.81. The molecule has 2 aromatic rings. The van der Waals surface area contributed by atoms with Crippen molar-refractivity contribution < 1.29 is 5.11 Å². The number of benzene rings is 1. The molecule has 0 aliphatic rings. The van der Waals surface area contributed by atoms with Crippen LogP contribution in [0.2, 0.25) is 0 Å². The summed E-state index contributed by atoms with van der Waals surface area (Å²) < 4.78 is 2.18. The molecule has 0 saturated heterocycles. The Kier molecular flexibility index (Phi) is 5.47. The average molecular weight is 283 g/mol. The van der Waals surface area contributed by atoms with Gasteiger partial charge in [0.2, 0.25) is 0 Å². The molecule has 21 heavy (non-hydrogen) atoms. The van der Waals surface area contributed by atoms with Crippen LogP contribution in [0.1, 0.15) is 51.8 Å². The fraction of sp³-hybridized carbons (Fsp3) is 0.474. The molecular weight excluding hydrogens is 258 g/mol. The zero-order valence-corrected chi connectivity index (χ0v) is 13.3. The normalized spacial score (nSPS) is 13.7. The Labute approximate surface area is 127 Å². The van der Waals surface area contributed by atoms with Gasteiger partial charge in [0.25, 0.3) is 0 Å². The first-order chi connectivity index (χ1) is 10.2. The van der Waals surface area contributed by atoms with Gasteiger partial charge in [-0.25, -0.2) is 0 Å². The SMILES string of the molecule is CCCCC#CC(C)C(O)c1cc2ccccc2n1CC. The fourth-order valence-corrected chi connectivity index (χ4v) is 2.66. The lowest BCUT2D eigenvalue weighted by molar-refractivity contribution is 0.135. The second-order valence-electron chi connectivity index (χ2n) is 5.53. The van der Waals surface area contributed by atoms with Gasteiger partial charge >= 0.3 is 0 Å². The van der Waals surface area contributed by atoms with Crippen molar-refractivity contribution in [2.75, 3.05) is 0 Å². The summed E-state index contributed by atoms with van der Waals surface area (Å²) >= 11 is 0. The van der Waals surface area contributed by atoms with Crippen LogP contribution in [-0.2, 0) is 6.54 Å². The Hall–Kier alpha value is -1.72. The maximum atomic E-state index is 10.6. The molecule has 0 saturated carbocycles. The molecule has 2 atom stereocenters. The Bertz CT molecular complexity index is 644. The molecule has 112 valence electrons. The number of aliphatic hydroxyl groups excluding tert-OH is 1. The molecule has 0 fully saturated rings. The van der Waals surface area contributed by atoms with Crippen LogP contribution in [-0.4, -0.2) is 9.67 Å². The fourth-order valence-electron chi connectivity index (χ4n) is 2.66. The maximum Gasteiger partial charge on any atom is 0.107 e. The van der Waals surface area contributed by atoms with Crippen molar-refractivity contribution in [3.63, 3.8) is 0 Å². The quantitative estimate of drug-likeness (QED) is 0.633. The van der Waals surface area contributed by atoms with Gasteiger partial charge in [0.05, 0.1) is 0 Å². The molecule has 1 heterocycles. The van der Waals surface area contributed by atoms with E-state index in [4.69, 9.17) is 0 Å². The molecule has 2 heteroatoms. The molecule has 1 aromatic heterocycles. The second-order valence-corrected chi connectivity index (χ2v) is 5.53. The minimum atomic E-state index is -0.536. The monoisotopic (exact) mass is 283 g/mol. The van der Waals surface area contributed by atoms with E-state index in [0.717, 1.165) is 31.5 Å². The van der Waals surface area contributed by atoms with E-state index in [2.05, 4.69) is 48.5 Å². The van der Waals surface area contributed by atoms with Crippen LogP contribution >= 0.6 is 0 Å². The maximum absolute atomic E-state index is 10.6. The summed E-state index contributed by atoms with van der Waals surface area (Å²) in [5.41, 5.74) is 2.15. The second kappa shape index (κ2) is 7.33. The third kappa shape index (κ3) is 3.49. The number of hydrogen-bond acceptors (Lipinski definition) is 1. The van der Waals surface area contributed by atoms with Crippen LogP contribution in [0.5, 0.6) is 0 Å². The number of nitrogens with zero attached hydrogens (tertiary/aromatic N) is 1. The molecule has 0 radical (unpaired) electrons. The number of aryl methyl sites for hydroxylation is 1. The summed E-state index contributed by atoms with van der Waals surface area (Å²) in [6, 6.07) is 10.4.